The van der Waals surface area contributed by atoms with Crippen molar-refractivity contribution in [2.24, 2.45) is 11.3 Å². The molecular formula is C19H26O2. The molecule has 0 radical (unpaired) electrons. The highest BCUT2D eigenvalue weighted by atomic mass is 16.5. The topological polar surface area (TPSA) is 26.3 Å². The van der Waals surface area contributed by atoms with Gasteiger partial charge in [-0.05, 0) is 48.8 Å². The van der Waals surface area contributed by atoms with Gasteiger partial charge in [0, 0.05) is 6.42 Å². The molecular weight excluding hydrogens is 260 g/mol. The minimum absolute atomic E-state index is 0.00736. The fourth-order valence-corrected chi connectivity index (χ4v) is 3.11. The van der Waals surface area contributed by atoms with E-state index in [0.717, 1.165) is 18.4 Å². The minimum atomic E-state index is -0.00736. The average Bonchev–Trinajstić information content (AvgIpc) is 2.80. The Morgan fingerprint density at radius 2 is 2.10 bits per heavy atom. The maximum absolute atomic E-state index is 12.7. The molecule has 0 saturated carbocycles. The number of ketones is 1. The lowest BCUT2D eigenvalue weighted by Gasteiger charge is -2.21. The Bertz CT molecular complexity index is 569. The van der Waals surface area contributed by atoms with Gasteiger partial charge >= 0.3 is 0 Å². The molecule has 0 aromatic heterocycles. The lowest BCUT2D eigenvalue weighted by molar-refractivity contribution is 0.0940. The number of carbonyl (C=O) groups excluding carboxylic acids is 1. The third-order valence-electron chi connectivity index (χ3n) is 4.48. The summed E-state index contributed by atoms with van der Waals surface area (Å²) in [6, 6.07) is 5.80. The van der Waals surface area contributed by atoms with Crippen molar-refractivity contribution >= 4 is 5.78 Å². The number of hydrogen-bond acceptors (Lipinski definition) is 2. The van der Waals surface area contributed by atoms with E-state index in [9.17, 15) is 4.79 Å². The smallest absolute Gasteiger partial charge is 0.167 e. The van der Waals surface area contributed by atoms with Crippen molar-refractivity contribution in [3.63, 3.8) is 0 Å². The fourth-order valence-electron chi connectivity index (χ4n) is 3.11. The summed E-state index contributed by atoms with van der Waals surface area (Å²) < 4.78 is 5.37. The highest BCUT2D eigenvalue weighted by Crippen LogP contribution is 2.42. The van der Waals surface area contributed by atoms with Crippen molar-refractivity contribution < 1.29 is 9.53 Å². The van der Waals surface area contributed by atoms with Crippen LogP contribution in [-0.4, -0.2) is 12.9 Å². The Hall–Kier alpha value is -1.57. The highest BCUT2D eigenvalue weighted by Gasteiger charge is 2.32. The summed E-state index contributed by atoms with van der Waals surface area (Å²) in [5.74, 6) is 1.45. The molecule has 114 valence electrons. The molecule has 1 atom stereocenters. The highest BCUT2D eigenvalue weighted by molar-refractivity contribution is 5.99. The molecule has 0 unspecified atom stereocenters. The van der Waals surface area contributed by atoms with E-state index in [1.807, 2.05) is 25.1 Å². The van der Waals surface area contributed by atoms with E-state index in [4.69, 9.17) is 4.74 Å². The van der Waals surface area contributed by atoms with Gasteiger partial charge in [-0.2, -0.15) is 0 Å². The van der Waals surface area contributed by atoms with Gasteiger partial charge in [-0.1, -0.05) is 38.5 Å². The van der Waals surface area contributed by atoms with Crippen LogP contribution in [-0.2, 0) is 0 Å². The van der Waals surface area contributed by atoms with E-state index in [0.29, 0.717) is 23.7 Å². The van der Waals surface area contributed by atoms with Crippen molar-refractivity contribution in [1.29, 1.82) is 0 Å². The second-order valence-electron chi connectivity index (χ2n) is 6.83. The number of benzene rings is 1. The third kappa shape index (κ3) is 3.55. The molecule has 2 heteroatoms. The van der Waals surface area contributed by atoms with Crippen LogP contribution in [0.2, 0.25) is 0 Å². The Morgan fingerprint density at radius 3 is 2.67 bits per heavy atom. The molecule has 1 aromatic rings. The van der Waals surface area contributed by atoms with Crippen LogP contribution in [0.5, 0.6) is 5.75 Å². The normalized spacial score (nSPS) is 21.5. The zero-order valence-corrected chi connectivity index (χ0v) is 13.8. The first-order valence-electron chi connectivity index (χ1n) is 7.74. The largest absolute Gasteiger partial charge is 0.496 e. The summed E-state index contributed by atoms with van der Waals surface area (Å²) >= 11 is 0. The monoisotopic (exact) mass is 286 g/mol. The van der Waals surface area contributed by atoms with Gasteiger partial charge in [-0.3, -0.25) is 4.79 Å². The molecule has 0 spiro atoms. The summed E-state index contributed by atoms with van der Waals surface area (Å²) in [5, 5.41) is 0. The van der Waals surface area contributed by atoms with Crippen LogP contribution in [0.25, 0.3) is 0 Å². The van der Waals surface area contributed by atoms with E-state index >= 15 is 0 Å². The van der Waals surface area contributed by atoms with Crippen molar-refractivity contribution in [3.05, 3.63) is 41.0 Å². The molecule has 1 aliphatic rings. The molecule has 0 bridgehead atoms. The number of hydrogen-bond donors (Lipinski definition) is 0. The van der Waals surface area contributed by atoms with Crippen molar-refractivity contribution in [2.75, 3.05) is 7.11 Å². The van der Waals surface area contributed by atoms with Crippen LogP contribution in [0.1, 0.15) is 56.0 Å². The molecule has 0 heterocycles. The summed E-state index contributed by atoms with van der Waals surface area (Å²) in [5.41, 5.74) is 3.29. The number of carbonyl (C=O) groups is 1. The molecule has 0 saturated heterocycles. The standard InChI is InChI=1S/C19H26O2/c1-13(2)15-8-9-19(4,11-15)12-17(20)16-7-6-14(3)10-18(16)21-5/h6-7,10-11,13H,8-9,12H2,1-5H3/t19-/m1/s1. The SMILES string of the molecule is COc1cc(C)ccc1C(=O)C[C@@]1(C)C=C(C(C)C)CC1. The number of rotatable bonds is 5. The predicted molar refractivity (Wildman–Crippen MR) is 86.9 cm³/mol. The van der Waals surface area contributed by atoms with Crippen LogP contribution in [0.4, 0.5) is 0 Å². The Kier molecular flexibility index (Phi) is 4.55. The van der Waals surface area contributed by atoms with Crippen LogP contribution in [0.3, 0.4) is 0 Å². The molecule has 0 fully saturated rings. The van der Waals surface area contributed by atoms with Crippen molar-refractivity contribution in [1.82, 2.24) is 0 Å². The van der Waals surface area contributed by atoms with Gasteiger partial charge < -0.3 is 4.74 Å². The van der Waals surface area contributed by atoms with E-state index in [1.165, 1.54) is 5.57 Å². The maximum atomic E-state index is 12.7. The van der Waals surface area contributed by atoms with Crippen molar-refractivity contribution in [3.8, 4) is 5.75 Å². The predicted octanol–water partition coefficient (Wildman–Crippen LogP) is 4.96. The fraction of sp³-hybridized carbons (Fsp3) is 0.526. The van der Waals surface area contributed by atoms with Crippen molar-refractivity contribution in [2.45, 2.75) is 47.0 Å². The zero-order chi connectivity index (χ0) is 15.6. The third-order valence-corrected chi connectivity index (χ3v) is 4.48. The van der Waals surface area contributed by atoms with E-state index < -0.39 is 0 Å². The first-order valence-corrected chi connectivity index (χ1v) is 7.74. The first-order chi connectivity index (χ1) is 9.84. The zero-order valence-electron chi connectivity index (χ0n) is 13.8. The second kappa shape index (κ2) is 6.05. The van der Waals surface area contributed by atoms with Crippen LogP contribution >= 0.6 is 0 Å². The number of aryl methyl sites for hydroxylation is 1. The molecule has 0 amide bonds. The van der Waals surface area contributed by atoms with E-state index in [1.54, 1.807) is 7.11 Å². The Morgan fingerprint density at radius 1 is 1.38 bits per heavy atom. The summed E-state index contributed by atoms with van der Waals surface area (Å²) in [6.45, 7) is 8.65. The summed E-state index contributed by atoms with van der Waals surface area (Å²) in [4.78, 5) is 12.7. The number of Topliss-reactive ketones (excluding diaryl/α,β-unsaturated/α-hetero) is 1. The lowest BCUT2D eigenvalue weighted by Crippen LogP contribution is -2.16. The lowest BCUT2D eigenvalue weighted by atomic mass is 9.83. The molecule has 0 aliphatic heterocycles. The van der Waals surface area contributed by atoms with Gasteiger partial charge in [0.05, 0.1) is 12.7 Å². The van der Waals surface area contributed by atoms with Gasteiger partial charge in [-0.15, -0.1) is 0 Å². The van der Waals surface area contributed by atoms with Gasteiger partial charge in [0.1, 0.15) is 5.75 Å². The van der Waals surface area contributed by atoms with Crippen LogP contribution < -0.4 is 4.74 Å². The van der Waals surface area contributed by atoms with E-state index in [2.05, 4.69) is 26.8 Å². The molecule has 21 heavy (non-hydrogen) atoms. The van der Waals surface area contributed by atoms with Gasteiger partial charge in [-0.25, -0.2) is 0 Å². The quantitative estimate of drug-likeness (QED) is 0.565. The Labute approximate surface area is 128 Å². The molecule has 1 aliphatic carbocycles. The number of ether oxygens (including phenoxy) is 1. The summed E-state index contributed by atoms with van der Waals surface area (Å²) in [7, 11) is 1.62. The van der Waals surface area contributed by atoms with Crippen LogP contribution in [0, 0.1) is 18.3 Å². The molecule has 0 N–H and O–H groups in total. The molecule has 2 nitrogen and oxygen atoms in total. The number of allylic oxidation sites excluding steroid dienone is 2. The van der Waals surface area contributed by atoms with Gasteiger partial charge in [0.2, 0.25) is 0 Å². The first kappa shape index (κ1) is 15.8. The minimum Gasteiger partial charge on any atom is -0.496 e. The van der Waals surface area contributed by atoms with Gasteiger partial charge in [0.15, 0.2) is 5.78 Å². The van der Waals surface area contributed by atoms with Gasteiger partial charge in [0.25, 0.3) is 0 Å². The Balaban J connectivity index is 2.19. The maximum Gasteiger partial charge on any atom is 0.167 e. The molecule has 2 rings (SSSR count). The second-order valence-corrected chi connectivity index (χ2v) is 6.83. The summed E-state index contributed by atoms with van der Waals surface area (Å²) in [6.07, 6.45) is 5.08. The number of methoxy groups -OCH3 is 1. The van der Waals surface area contributed by atoms with Crippen LogP contribution in [0.15, 0.2) is 29.8 Å². The van der Waals surface area contributed by atoms with E-state index in [-0.39, 0.29) is 11.2 Å². The average molecular weight is 286 g/mol. The molecule has 1 aromatic carbocycles.